The third-order valence-corrected chi connectivity index (χ3v) is 4.96. The van der Waals surface area contributed by atoms with Crippen molar-refractivity contribution in [1.82, 2.24) is 0 Å². The lowest BCUT2D eigenvalue weighted by Gasteiger charge is -2.49. The number of esters is 1. The highest BCUT2D eigenvalue weighted by atomic mass is 19.1. The summed E-state index contributed by atoms with van der Waals surface area (Å²) in [4.78, 5) is 12.8. The van der Waals surface area contributed by atoms with Crippen LogP contribution < -0.4 is 5.73 Å². The van der Waals surface area contributed by atoms with Crippen LogP contribution in [-0.2, 0) is 9.53 Å². The van der Waals surface area contributed by atoms with Gasteiger partial charge >= 0.3 is 5.97 Å². The molecule has 0 saturated heterocycles. The third kappa shape index (κ3) is 2.80. The number of ether oxygens (including phenoxy) is 1. The van der Waals surface area contributed by atoms with Gasteiger partial charge in [-0.1, -0.05) is 24.3 Å². The molecule has 0 heterocycles. The third-order valence-electron chi connectivity index (χ3n) is 4.96. The van der Waals surface area contributed by atoms with Gasteiger partial charge in [-0.2, -0.15) is 0 Å². The van der Waals surface area contributed by atoms with Crippen molar-refractivity contribution in [3.63, 3.8) is 0 Å². The Morgan fingerprint density at radius 1 is 1.17 bits per heavy atom. The highest BCUT2D eigenvalue weighted by molar-refractivity contribution is 5.87. The molecular formula is C19H24FNO2. The molecule has 2 N–H and O–H groups in total. The lowest BCUT2D eigenvalue weighted by Crippen LogP contribution is -2.54. The van der Waals surface area contributed by atoms with E-state index in [-0.39, 0.29) is 11.8 Å². The van der Waals surface area contributed by atoms with E-state index < -0.39 is 16.6 Å². The first-order valence-electron chi connectivity index (χ1n) is 8.16. The lowest BCUT2D eigenvalue weighted by atomic mass is 9.57. The quantitative estimate of drug-likeness (QED) is 0.844. The average Bonchev–Trinajstić information content (AvgIpc) is 2.47. The van der Waals surface area contributed by atoms with E-state index in [1.54, 1.807) is 18.2 Å². The van der Waals surface area contributed by atoms with E-state index in [2.05, 4.69) is 0 Å². The standard InChI is InChI=1S/C19H24FNO2/c1-17(2,3)23-16(22)18-8-10-19(21,11-9-18)14(12-18)13-6-4-5-7-15(13)20/h4-7,12H,8-11,21H2,1-3H3. The molecule has 23 heavy (non-hydrogen) atoms. The van der Waals surface area contributed by atoms with Crippen LogP contribution in [0.25, 0.3) is 5.57 Å². The molecular weight excluding hydrogens is 293 g/mol. The van der Waals surface area contributed by atoms with E-state index in [1.165, 1.54) is 6.07 Å². The minimum atomic E-state index is -0.675. The highest BCUT2D eigenvalue weighted by Crippen LogP contribution is 2.54. The highest BCUT2D eigenvalue weighted by Gasteiger charge is 2.53. The Balaban J connectivity index is 2.04. The number of benzene rings is 1. The predicted octanol–water partition coefficient (Wildman–Crippen LogP) is 3.82. The Morgan fingerprint density at radius 3 is 2.35 bits per heavy atom. The van der Waals surface area contributed by atoms with Crippen molar-refractivity contribution in [3.05, 3.63) is 41.7 Å². The van der Waals surface area contributed by atoms with Gasteiger partial charge in [-0.25, -0.2) is 4.39 Å². The van der Waals surface area contributed by atoms with Gasteiger partial charge in [-0.15, -0.1) is 0 Å². The van der Waals surface area contributed by atoms with Gasteiger partial charge in [0.2, 0.25) is 0 Å². The molecule has 124 valence electrons. The number of hydrogen-bond donors (Lipinski definition) is 1. The zero-order valence-electron chi connectivity index (χ0n) is 14.0. The minimum absolute atomic E-state index is 0.222. The lowest BCUT2D eigenvalue weighted by molar-refractivity contribution is -0.167. The first kappa shape index (κ1) is 16.2. The van der Waals surface area contributed by atoms with Crippen LogP contribution in [0.5, 0.6) is 0 Å². The molecule has 4 rings (SSSR count). The monoisotopic (exact) mass is 317 g/mol. The summed E-state index contributed by atoms with van der Waals surface area (Å²) in [6.45, 7) is 5.59. The summed E-state index contributed by atoms with van der Waals surface area (Å²) < 4.78 is 19.9. The number of carbonyl (C=O) groups is 1. The van der Waals surface area contributed by atoms with E-state index in [0.29, 0.717) is 31.2 Å². The largest absolute Gasteiger partial charge is 0.459 e. The van der Waals surface area contributed by atoms with Gasteiger partial charge in [0.1, 0.15) is 11.4 Å². The zero-order valence-corrected chi connectivity index (χ0v) is 14.0. The Hall–Kier alpha value is -1.68. The Morgan fingerprint density at radius 2 is 1.78 bits per heavy atom. The molecule has 1 aromatic carbocycles. The van der Waals surface area contributed by atoms with Crippen LogP contribution in [-0.4, -0.2) is 17.1 Å². The summed E-state index contributed by atoms with van der Waals surface area (Å²) in [5.41, 5.74) is 6.03. The van der Waals surface area contributed by atoms with Crippen molar-refractivity contribution in [2.75, 3.05) is 0 Å². The first-order chi connectivity index (χ1) is 10.7. The first-order valence-corrected chi connectivity index (χ1v) is 8.16. The molecule has 3 nitrogen and oxygen atoms in total. The van der Waals surface area contributed by atoms with Crippen LogP contribution in [0.1, 0.15) is 52.0 Å². The van der Waals surface area contributed by atoms with Crippen molar-refractivity contribution in [2.24, 2.45) is 11.1 Å². The summed E-state index contributed by atoms with van der Waals surface area (Å²) >= 11 is 0. The van der Waals surface area contributed by atoms with E-state index in [4.69, 9.17) is 10.5 Å². The van der Waals surface area contributed by atoms with Gasteiger partial charge in [0.25, 0.3) is 0 Å². The molecule has 0 unspecified atom stereocenters. The molecule has 0 aliphatic heterocycles. The molecule has 0 spiro atoms. The molecule has 0 atom stereocenters. The summed E-state index contributed by atoms with van der Waals surface area (Å²) in [6, 6.07) is 6.62. The minimum Gasteiger partial charge on any atom is -0.459 e. The second-order valence-electron chi connectivity index (χ2n) is 7.85. The number of nitrogens with two attached hydrogens (primary N) is 1. The summed E-state index contributed by atoms with van der Waals surface area (Å²) in [6.07, 6.45) is 4.55. The van der Waals surface area contributed by atoms with Gasteiger partial charge < -0.3 is 10.5 Å². The number of rotatable bonds is 2. The van der Waals surface area contributed by atoms with Crippen LogP contribution >= 0.6 is 0 Å². The number of halogens is 1. The molecule has 1 saturated carbocycles. The summed E-state index contributed by atoms with van der Waals surface area (Å²) in [5.74, 6) is -0.518. The molecule has 4 heteroatoms. The van der Waals surface area contributed by atoms with E-state index >= 15 is 0 Å². The molecule has 0 aromatic heterocycles. The maximum Gasteiger partial charge on any atom is 0.316 e. The Labute approximate surface area is 136 Å². The second-order valence-corrected chi connectivity index (χ2v) is 7.85. The fourth-order valence-corrected chi connectivity index (χ4v) is 3.64. The topological polar surface area (TPSA) is 52.3 Å². The van der Waals surface area contributed by atoms with Crippen molar-refractivity contribution in [2.45, 2.75) is 57.6 Å². The van der Waals surface area contributed by atoms with Crippen LogP contribution in [0.4, 0.5) is 4.39 Å². The van der Waals surface area contributed by atoms with Gasteiger partial charge in [0.15, 0.2) is 0 Å². The van der Waals surface area contributed by atoms with Gasteiger partial charge in [0, 0.05) is 11.1 Å². The SMILES string of the molecule is CC(C)(C)OC(=O)C12C=C(c3ccccc3F)C(N)(CC1)CC2. The van der Waals surface area contributed by atoms with Crippen molar-refractivity contribution in [1.29, 1.82) is 0 Å². The van der Waals surface area contributed by atoms with E-state index in [9.17, 15) is 9.18 Å². The van der Waals surface area contributed by atoms with Crippen LogP contribution in [0.3, 0.4) is 0 Å². The summed E-state index contributed by atoms with van der Waals surface area (Å²) in [7, 11) is 0. The Bertz CT molecular complexity index is 664. The maximum absolute atomic E-state index is 14.3. The molecule has 2 bridgehead atoms. The smallest absolute Gasteiger partial charge is 0.316 e. The van der Waals surface area contributed by atoms with Crippen LogP contribution in [0.15, 0.2) is 30.3 Å². The predicted molar refractivity (Wildman–Crippen MR) is 88.0 cm³/mol. The fraction of sp³-hybridized carbons (Fsp3) is 0.526. The number of carbonyl (C=O) groups excluding carboxylic acids is 1. The van der Waals surface area contributed by atoms with Gasteiger partial charge in [0.05, 0.1) is 5.41 Å². The van der Waals surface area contributed by atoms with Crippen LogP contribution in [0.2, 0.25) is 0 Å². The normalized spacial score (nSPS) is 30.0. The maximum atomic E-state index is 14.3. The molecule has 0 amide bonds. The molecule has 3 aliphatic carbocycles. The van der Waals surface area contributed by atoms with Crippen molar-refractivity contribution < 1.29 is 13.9 Å². The Kier molecular flexibility index (Phi) is 3.64. The van der Waals surface area contributed by atoms with Crippen molar-refractivity contribution in [3.8, 4) is 0 Å². The summed E-state index contributed by atoms with van der Waals surface area (Å²) in [5, 5.41) is 0. The number of hydrogen-bond acceptors (Lipinski definition) is 3. The van der Waals surface area contributed by atoms with E-state index in [1.807, 2.05) is 26.8 Å². The zero-order chi connectivity index (χ0) is 16.9. The number of fused-ring (bicyclic) bond motifs is 2. The second kappa shape index (κ2) is 5.17. The van der Waals surface area contributed by atoms with Crippen LogP contribution in [0, 0.1) is 11.2 Å². The van der Waals surface area contributed by atoms with Gasteiger partial charge in [-0.3, -0.25) is 4.79 Å². The molecule has 3 aliphatic rings. The fourth-order valence-electron chi connectivity index (χ4n) is 3.64. The van der Waals surface area contributed by atoms with E-state index in [0.717, 1.165) is 5.57 Å². The average molecular weight is 317 g/mol. The van der Waals surface area contributed by atoms with Crippen molar-refractivity contribution >= 4 is 11.5 Å². The van der Waals surface area contributed by atoms with Gasteiger partial charge in [-0.05, 0) is 58.1 Å². The molecule has 1 aromatic rings. The molecule has 0 radical (unpaired) electrons. The molecule has 1 fully saturated rings.